The predicted octanol–water partition coefficient (Wildman–Crippen LogP) is 2.78. The molecule has 1 fully saturated rings. The van der Waals surface area contributed by atoms with Crippen molar-refractivity contribution in [1.82, 2.24) is 5.32 Å². The van der Waals surface area contributed by atoms with Gasteiger partial charge in [-0.25, -0.2) is 4.79 Å². The van der Waals surface area contributed by atoms with Crippen LogP contribution >= 0.6 is 0 Å². The number of benzene rings is 2. The summed E-state index contributed by atoms with van der Waals surface area (Å²) in [5, 5.41) is 14.0. The molecule has 1 aliphatic heterocycles. The molecule has 3 atom stereocenters. The summed E-state index contributed by atoms with van der Waals surface area (Å²) < 4.78 is 5.46. The first-order valence-corrected chi connectivity index (χ1v) is 6.97. The average molecular weight is 281 g/mol. The van der Waals surface area contributed by atoms with E-state index >= 15 is 0 Å². The van der Waals surface area contributed by atoms with Crippen molar-refractivity contribution in [3.63, 3.8) is 0 Å². The van der Waals surface area contributed by atoms with E-state index in [0.29, 0.717) is 0 Å². The van der Waals surface area contributed by atoms with Crippen LogP contribution < -0.4 is 5.32 Å². The summed E-state index contributed by atoms with van der Waals surface area (Å²) >= 11 is 0. The van der Waals surface area contributed by atoms with Gasteiger partial charge in [-0.2, -0.15) is 0 Å². The molecule has 4 rings (SSSR count). The van der Waals surface area contributed by atoms with Crippen LogP contribution in [0.4, 0.5) is 4.79 Å². The van der Waals surface area contributed by atoms with Crippen molar-refractivity contribution in [2.75, 3.05) is 0 Å². The normalized spacial score (nSPS) is 29.5. The minimum absolute atomic E-state index is 0.274. The van der Waals surface area contributed by atoms with Crippen molar-refractivity contribution in [3.05, 3.63) is 70.8 Å². The molecule has 106 valence electrons. The summed E-state index contributed by atoms with van der Waals surface area (Å²) in [5.74, 6) is 0. The minimum Gasteiger partial charge on any atom is -0.439 e. The monoisotopic (exact) mass is 281 g/mol. The number of hydrogen-bond donors (Lipinski definition) is 2. The SMILES string of the molecule is CC1(O)c2ccccc2[C@H]2OC(=O)N[C@H]2c2ccccc21. The van der Waals surface area contributed by atoms with Crippen LogP contribution in [0.5, 0.6) is 0 Å². The molecule has 0 aromatic heterocycles. The summed E-state index contributed by atoms with van der Waals surface area (Å²) in [6.45, 7) is 1.79. The van der Waals surface area contributed by atoms with Crippen LogP contribution in [0.25, 0.3) is 0 Å². The number of aliphatic hydroxyl groups is 1. The van der Waals surface area contributed by atoms with Crippen LogP contribution in [0, 0.1) is 0 Å². The first-order valence-electron chi connectivity index (χ1n) is 6.97. The Balaban J connectivity index is 2.06. The molecule has 2 aromatic carbocycles. The van der Waals surface area contributed by atoms with E-state index in [4.69, 9.17) is 4.74 Å². The molecule has 0 bridgehead atoms. The number of hydrogen-bond acceptors (Lipinski definition) is 3. The van der Waals surface area contributed by atoms with Crippen molar-refractivity contribution in [2.24, 2.45) is 0 Å². The number of nitrogens with one attached hydrogen (secondary N) is 1. The van der Waals surface area contributed by atoms with E-state index in [1.807, 2.05) is 48.5 Å². The second-order valence-corrected chi connectivity index (χ2v) is 5.69. The second-order valence-electron chi connectivity index (χ2n) is 5.69. The quantitative estimate of drug-likeness (QED) is 0.780. The van der Waals surface area contributed by atoms with Crippen molar-refractivity contribution in [3.8, 4) is 0 Å². The van der Waals surface area contributed by atoms with Gasteiger partial charge in [0.1, 0.15) is 5.60 Å². The molecule has 1 unspecified atom stereocenters. The average Bonchev–Trinajstić information content (AvgIpc) is 2.86. The lowest BCUT2D eigenvalue weighted by molar-refractivity contribution is 0.0981. The maximum Gasteiger partial charge on any atom is 0.408 e. The Kier molecular flexibility index (Phi) is 2.41. The summed E-state index contributed by atoms with van der Waals surface area (Å²) in [6, 6.07) is 15.0. The van der Waals surface area contributed by atoms with Crippen LogP contribution in [0.2, 0.25) is 0 Å². The number of alkyl carbamates (subject to hydrolysis) is 1. The van der Waals surface area contributed by atoms with Crippen LogP contribution in [-0.2, 0) is 10.3 Å². The second kappa shape index (κ2) is 4.09. The van der Waals surface area contributed by atoms with Gasteiger partial charge >= 0.3 is 6.09 Å². The van der Waals surface area contributed by atoms with E-state index in [0.717, 1.165) is 22.3 Å². The molecule has 1 heterocycles. The first kappa shape index (κ1) is 12.4. The zero-order valence-corrected chi connectivity index (χ0v) is 11.5. The van der Waals surface area contributed by atoms with E-state index in [9.17, 15) is 9.90 Å². The zero-order chi connectivity index (χ0) is 14.6. The molecule has 0 saturated carbocycles. The molecule has 1 amide bonds. The Labute approximate surface area is 122 Å². The van der Waals surface area contributed by atoms with E-state index in [1.54, 1.807) is 6.92 Å². The largest absolute Gasteiger partial charge is 0.439 e. The van der Waals surface area contributed by atoms with Gasteiger partial charge < -0.3 is 15.2 Å². The summed E-state index contributed by atoms with van der Waals surface area (Å²) in [6.07, 6.45) is -0.833. The Morgan fingerprint density at radius 1 is 1.05 bits per heavy atom. The third-order valence-electron chi connectivity index (χ3n) is 4.42. The molecule has 1 saturated heterocycles. The van der Waals surface area contributed by atoms with Gasteiger partial charge in [0, 0.05) is 5.56 Å². The van der Waals surface area contributed by atoms with Crippen molar-refractivity contribution >= 4 is 6.09 Å². The van der Waals surface area contributed by atoms with Gasteiger partial charge in [-0.05, 0) is 23.6 Å². The van der Waals surface area contributed by atoms with Crippen molar-refractivity contribution in [1.29, 1.82) is 0 Å². The Bertz CT molecular complexity index is 679. The van der Waals surface area contributed by atoms with E-state index < -0.39 is 17.8 Å². The van der Waals surface area contributed by atoms with Crippen LogP contribution in [0.15, 0.2) is 48.5 Å². The molecule has 2 N–H and O–H groups in total. The lowest BCUT2D eigenvalue weighted by Crippen LogP contribution is -2.26. The van der Waals surface area contributed by atoms with Crippen LogP contribution in [0.3, 0.4) is 0 Å². The molecule has 0 radical (unpaired) electrons. The zero-order valence-electron chi connectivity index (χ0n) is 11.5. The fourth-order valence-electron chi connectivity index (χ4n) is 3.45. The molecular weight excluding hydrogens is 266 g/mol. The van der Waals surface area contributed by atoms with Gasteiger partial charge in [-0.3, -0.25) is 0 Å². The lowest BCUT2D eigenvalue weighted by atomic mass is 9.85. The van der Waals surface area contributed by atoms with E-state index in [-0.39, 0.29) is 6.04 Å². The Morgan fingerprint density at radius 3 is 2.33 bits per heavy atom. The fraction of sp³-hybridized carbons (Fsp3) is 0.235. The van der Waals surface area contributed by atoms with Crippen LogP contribution in [-0.4, -0.2) is 11.2 Å². The molecule has 1 aliphatic carbocycles. The number of rotatable bonds is 0. The first-order chi connectivity index (χ1) is 10.1. The smallest absolute Gasteiger partial charge is 0.408 e. The Morgan fingerprint density at radius 2 is 1.62 bits per heavy atom. The third kappa shape index (κ3) is 1.63. The molecule has 4 heteroatoms. The molecule has 2 aromatic rings. The number of ether oxygens (including phenoxy) is 1. The number of fused-ring (bicyclic) bond motifs is 5. The van der Waals surface area contributed by atoms with Gasteiger partial charge in [-0.15, -0.1) is 0 Å². The van der Waals surface area contributed by atoms with Gasteiger partial charge in [0.05, 0.1) is 6.04 Å². The number of amides is 1. The number of carbonyl (C=O) groups excluding carboxylic acids is 1. The summed E-state index contributed by atoms with van der Waals surface area (Å²) in [7, 11) is 0. The van der Waals surface area contributed by atoms with E-state index in [1.165, 1.54) is 0 Å². The highest BCUT2D eigenvalue weighted by Gasteiger charge is 2.45. The van der Waals surface area contributed by atoms with Gasteiger partial charge in [0.15, 0.2) is 6.10 Å². The van der Waals surface area contributed by atoms with Gasteiger partial charge in [-0.1, -0.05) is 48.5 Å². The van der Waals surface area contributed by atoms with Gasteiger partial charge in [0.25, 0.3) is 0 Å². The summed E-state index contributed by atoms with van der Waals surface area (Å²) in [4.78, 5) is 11.7. The summed E-state index contributed by atoms with van der Waals surface area (Å²) in [5.41, 5.74) is 2.21. The molecule has 21 heavy (non-hydrogen) atoms. The molecule has 2 aliphatic rings. The standard InChI is InChI=1S/C17H15NO3/c1-17(20)12-8-4-2-6-10(12)14-15(21-16(19)18-14)11-7-3-5-9-13(11)17/h2-9,14-15,20H,1H3,(H,18,19)/t14-,15+,17?/m0/s1. The van der Waals surface area contributed by atoms with Crippen molar-refractivity contribution in [2.45, 2.75) is 24.7 Å². The highest BCUT2D eigenvalue weighted by Crippen LogP contribution is 2.48. The van der Waals surface area contributed by atoms with Gasteiger partial charge in [0.2, 0.25) is 0 Å². The lowest BCUT2D eigenvalue weighted by Gasteiger charge is -2.27. The van der Waals surface area contributed by atoms with E-state index in [2.05, 4.69) is 5.32 Å². The van der Waals surface area contributed by atoms with Crippen molar-refractivity contribution < 1.29 is 14.6 Å². The van der Waals surface area contributed by atoms with Crippen LogP contribution in [0.1, 0.15) is 41.3 Å². The highest BCUT2D eigenvalue weighted by molar-refractivity contribution is 5.72. The molecule has 4 nitrogen and oxygen atoms in total. The highest BCUT2D eigenvalue weighted by atomic mass is 16.6. The number of carbonyl (C=O) groups is 1. The fourth-order valence-corrected chi connectivity index (χ4v) is 3.45. The third-order valence-corrected chi connectivity index (χ3v) is 4.42. The molecular formula is C17H15NO3. The topological polar surface area (TPSA) is 58.6 Å². The Hall–Kier alpha value is -2.33. The maximum absolute atomic E-state index is 11.7. The minimum atomic E-state index is -1.12. The molecule has 0 spiro atoms. The predicted molar refractivity (Wildman–Crippen MR) is 76.7 cm³/mol. The maximum atomic E-state index is 11.7.